The maximum atomic E-state index is 12.6. The SMILES string of the molecule is CC#CC[C@@]1(C)OC(=O)C(C(=O)OCC)=C1OC[C@H]1C=CCC[C@H]1O[Si](C)(C)C(C)(C)C. The highest BCUT2D eigenvalue weighted by atomic mass is 28.4. The van der Waals surface area contributed by atoms with Crippen molar-refractivity contribution < 1.29 is 28.2 Å². The zero-order valence-corrected chi connectivity index (χ0v) is 21.8. The van der Waals surface area contributed by atoms with Crippen LogP contribution in [0.25, 0.3) is 0 Å². The van der Waals surface area contributed by atoms with E-state index in [1.165, 1.54) is 0 Å². The minimum Gasteiger partial charge on any atom is -0.492 e. The second kappa shape index (κ2) is 10.3. The zero-order chi connectivity index (χ0) is 24.2. The molecule has 0 aromatic rings. The molecule has 0 saturated carbocycles. The summed E-state index contributed by atoms with van der Waals surface area (Å²) >= 11 is 0. The topological polar surface area (TPSA) is 71.1 Å². The molecule has 6 nitrogen and oxygen atoms in total. The largest absolute Gasteiger partial charge is 0.492 e. The van der Waals surface area contributed by atoms with Gasteiger partial charge >= 0.3 is 11.9 Å². The Hall–Kier alpha value is -2.04. The first-order valence-corrected chi connectivity index (χ1v) is 14.3. The van der Waals surface area contributed by atoms with E-state index in [4.69, 9.17) is 18.6 Å². The van der Waals surface area contributed by atoms with Crippen molar-refractivity contribution in [3.63, 3.8) is 0 Å². The first-order valence-electron chi connectivity index (χ1n) is 11.4. The van der Waals surface area contributed by atoms with Gasteiger partial charge in [-0.25, -0.2) is 9.59 Å². The van der Waals surface area contributed by atoms with Crippen LogP contribution in [0.3, 0.4) is 0 Å². The van der Waals surface area contributed by atoms with Crippen molar-refractivity contribution >= 4 is 20.3 Å². The molecule has 7 heteroatoms. The van der Waals surface area contributed by atoms with Crippen LogP contribution in [0.4, 0.5) is 0 Å². The summed E-state index contributed by atoms with van der Waals surface area (Å²) in [6.45, 7) is 16.7. The van der Waals surface area contributed by atoms with Crippen molar-refractivity contribution in [3.05, 3.63) is 23.5 Å². The molecular formula is C25H38O6Si. The standard InChI is InChI=1S/C25H38O6Si/c1-9-11-16-25(6)21(20(23(27)30-25)22(26)28-10-2)29-17-18-14-12-13-15-19(18)31-32(7,8)24(3,4)5/h12,14,18-19H,10,13,15-17H2,1-8H3/t18-,19-,25-/m1/s1. The van der Waals surface area contributed by atoms with E-state index < -0.39 is 25.9 Å². The lowest BCUT2D eigenvalue weighted by Crippen LogP contribution is -2.46. The van der Waals surface area contributed by atoms with Crippen LogP contribution in [0.2, 0.25) is 18.1 Å². The van der Waals surface area contributed by atoms with Crippen molar-refractivity contribution in [2.75, 3.05) is 13.2 Å². The molecule has 0 unspecified atom stereocenters. The number of rotatable bonds is 8. The van der Waals surface area contributed by atoms with Crippen molar-refractivity contribution in [2.24, 2.45) is 5.92 Å². The summed E-state index contributed by atoms with van der Waals surface area (Å²) in [6, 6.07) is 0. The molecule has 3 atom stereocenters. The summed E-state index contributed by atoms with van der Waals surface area (Å²) in [5.41, 5.74) is -1.30. The van der Waals surface area contributed by atoms with Crippen LogP contribution >= 0.6 is 0 Å². The normalized spacial score (nSPS) is 25.8. The molecule has 1 aliphatic carbocycles. The molecule has 1 heterocycles. The fourth-order valence-electron chi connectivity index (χ4n) is 3.55. The summed E-state index contributed by atoms with van der Waals surface area (Å²) in [4.78, 5) is 25.1. The van der Waals surface area contributed by atoms with Gasteiger partial charge in [-0.15, -0.1) is 5.92 Å². The highest BCUT2D eigenvalue weighted by Crippen LogP contribution is 2.41. The number of hydrogen-bond acceptors (Lipinski definition) is 6. The van der Waals surface area contributed by atoms with Gasteiger partial charge in [0, 0.05) is 5.92 Å². The molecule has 0 N–H and O–H groups in total. The average molecular weight is 463 g/mol. The van der Waals surface area contributed by atoms with Gasteiger partial charge in [-0.05, 0) is 51.7 Å². The van der Waals surface area contributed by atoms with E-state index in [-0.39, 0.29) is 48.0 Å². The van der Waals surface area contributed by atoms with Gasteiger partial charge in [-0.1, -0.05) is 38.8 Å². The summed E-state index contributed by atoms with van der Waals surface area (Å²) < 4.78 is 23.5. The Kier molecular flexibility index (Phi) is 8.41. The van der Waals surface area contributed by atoms with E-state index >= 15 is 0 Å². The Bertz CT molecular complexity index is 839. The number of ether oxygens (including phenoxy) is 3. The molecule has 0 bridgehead atoms. The lowest BCUT2D eigenvalue weighted by atomic mass is 9.93. The third kappa shape index (κ3) is 5.84. The molecule has 32 heavy (non-hydrogen) atoms. The zero-order valence-electron chi connectivity index (χ0n) is 20.8. The minimum atomic E-state index is -1.97. The van der Waals surface area contributed by atoms with Gasteiger partial charge in [0.1, 0.15) is 0 Å². The van der Waals surface area contributed by atoms with Crippen LogP contribution in [0.15, 0.2) is 23.5 Å². The van der Waals surface area contributed by atoms with Crippen LogP contribution in [-0.2, 0) is 28.2 Å². The summed E-state index contributed by atoms with van der Waals surface area (Å²) in [5.74, 6) is 4.51. The highest BCUT2D eigenvalue weighted by molar-refractivity contribution is 6.74. The molecular weight excluding hydrogens is 424 g/mol. The van der Waals surface area contributed by atoms with Crippen molar-refractivity contribution in [3.8, 4) is 11.8 Å². The van der Waals surface area contributed by atoms with E-state index in [0.717, 1.165) is 12.8 Å². The molecule has 0 radical (unpaired) electrons. The van der Waals surface area contributed by atoms with Crippen molar-refractivity contribution in [1.82, 2.24) is 0 Å². The molecule has 0 fully saturated rings. The third-order valence-corrected chi connectivity index (χ3v) is 11.0. The first-order chi connectivity index (χ1) is 14.9. The molecule has 0 amide bonds. The van der Waals surface area contributed by atoms with Gasteiger partial charge in [0.05, 0.1) is 25.7 Å². The maximum absolute atomic E-state index is 12.6. The quantitative estimate of drug-likeness (QED) is 0.168. The molecule has 2 aliphatic rings. The van der Waals surface area contributed by atoms with Crippen LogP contribution in [0, 0.1) is 17.8 Å². The van der Waals surface area contributed by atoms with Crippen LogP contribution in [-0.4, -0.2) is 45.2 Å². The van der Waals surface area contributed by atoms with Gasteiger partial charge < -0.3 is 18.6 Å². The van der Waals surface area contributed by atoms with Gasteiger partial charge in [0.15, 0.2) is 25.3 Å². The van der Waals surface area contributed by atoms with Crippen molar-refractivity contribution in [2.45, 2.75) is 90.6 Å². The lowest BCUT2D eigenvalue weighted by molar-refractivity contribution is -0.150. The number of cyclic esters (lactones) is 1. The monoisotopic (exact) mass is 462 g/mol. The highest BCUT2D eigenvalue weighted by Gasteiger charge is 2.49. The first kappa shape index (κ1) is 26.2. The fourth-order valence-corrected chi connectivity index (χ4v) is 4.95. The molecule has 0 aromatic heterocycles. The number of carbonyl (C=O) groups is 2. The molecule has 0 saturated heterocycles. The minimum absolute atomic E-state index is 0.00559. The second-order valence-corrected chi connectivity index (χ2v) is 14.8. The van der Waals surface area contributed by atoms with Crippen molar-refractivity contribution in [1.29, 1.82) is 0 Å². The van der Waals surface area contributed by atoms with Gasteiger partial charge in [-0.3, -0.25) is 0 Å². The second-order valence-electron chi connectivity index (χ2n) is 10.0. The third-order valence-electron chi connectivity index (χ3n) is 6.46. The summed E-state index contributed by atoms with van der Waals surface area (Å²) in [7, 11) is -1.97. The van der Waals surface area contributed by atoms with E-state index in [9.17, 15) is 9.59 Å². The summed E-state index contributed by atoms with van der Waals surface area (Å²) in [5, 5.41) is 0.0995. The van der Waals surface area contributed by atoms with Crippen LogP contribution < -0.4 is 0 Å². The van der Waals surface area contributed by atoms with Gasteiger partial charge in [-0.2, -0.15) is 0 Å². The van der Waals surface area contributed by atoms with Crippen LogP contribution in [0.1, 0.15) is 60.8 Å². The van der Waals surface area contributed by atoms with Crippen LogP contribution in [0.5, 0.6) is 0 Å². The Morgan fingerprint density at radius 3 is 2.62 bits per heavy atom. The van der Waals surface area contributed by atoms with Gasteiger partial charge in [0.2, 0.25) is 0 Å². The molecule has 0 spiro atoms. The Morgan fingerprint density at radius 1 is 1.34 bits per heavy atom. The Labute approximate surface area is 193 Å². The predicted molar refractivity (Wildman–Crippen MR) is 126 cm³/mol. The predicted octanol–water partition coefficient (Wildman–Crippen LogP) is 4.91. The Morgan fingerprint density at radius 2 is 2.03 bits per heavy atom. The fraction of sp³-hybridized carbons (Fsp3) is 0.680. The number of allylic oxidation sites excluding steroid dienone is 1. The number of hydrogen-bond donors (Lipinski definition) is 0. The number of carbonyl (C=O) groups excluding carboxylic acids is 2. The van der Waals surface area contributed by atoms with E-state index in [1.54, 1.807) is 20.8 Å². The molecule has 1 aliphatic heterocycles. The van der Waals surface area contributed by atoms with E-state index in [0.29, 0.717) is 0 Å². The maximum Gasteiger partial charge on any atom is 0.350 e. The van der Waals surface area contributed by atoms with Gasteiger partial charge in [0.25, 0.3) is 0 Å². The Balaban J connectivity index is 2.29. The lowest BCUT2D eigenvalue weighted by Gasteiger charge is -2.42. The molecule has 178 valence electrons. The summed E-state index contributed by atoms with van der Waals surface area (Å²) in [6.07, 6.45) is 6.38. The van der Waals surface area contributed by atoms with E-state index in [2.05, 4.69) is 57.9 Å². The molecule has 2 rings (SSSR count). The molecule has 0 aromatic carbocycles. The smallest absolute Gasteiger partial charge is 0.350 e. The van der Waals surface area contributed by atoms with E-state index in [1.807, 2.05) is 0 Å². The number of esters is 2. The average Bonchev–Trinajstić information content (AvgIpc) is 2.94.